The summed E-state index contributed by atoms with van der Waals surface area (Å²) in [5.74, 6) is 0.0819. The lowest BCUT2D eigenvalue weighted by molar-refractivity contribution is -0.121. The molecule has 0 fully saturated rings. The van der Waals surface area contributed by atoms with E-state index in [0.29, 0.717) is 5.69 Å². The number of carbonyl (C=O) groups excluding carboxylic acids is 1. The maximum atomic E-state index is 11.5. The third-order valence-corrected chi connectivity index (χ3v) is 1.95. The fourth-order valence-electron chi connectivity index (χ4n) is 1.26. The highest BCUT2D eigenvalue weighted by molar-refractivity contribution is 5.42. The van der Waals surface area contributed by atoms with Crippen molar-refractivity contribution in [3.8, 4) is 11.6 Å². The number of ether oxygens (including phenoxy) is 1. The smallest absolute Gasteiger partial charge is 0.299 e. The Balaban J connectivity index is 2.51. The van der Waals surface area contributed by atoms with Crippen molar-refractivity contribution in [2.24, 2.45) is 0 Å². The topological polar surface area (TPSA) is 61.2 Å². The zero-order chi connectivity index (χ0) is 11.4. The highest BCUT2D eigenvalue weighted by Gasteiger charge is 2.02. The van der Waals surface area contributed by atoms with Crippen LogP contribution in [-0.2, 0) is 4.79 Å². The molecule has 1 aromatic heterocycles. The van der Waals surface area contributed by atoms with Crippen LogP contribution in [0.5, 0.6) is 5.88 Å². The average Bonchev–Trinajstić information content (AvgIpc) is 2.33. The van der Waals surface area contributed by atoms with E-state index in [4.69, 9.17) is 0 Å². The van der Waals surface area contributed by atoms with Gasteiger partial charge in [0.1, 0.15) is 0 Å². The molecule has 80 valence electrons. The summed E-state index contributed by atoms with van der Waals surface area (Å²) < 4.78 is 5.74. The molecule has 5 heteroatoms. The van der Waals surface area contributed by atoms with E-state index in [1.165, 1.54) is 16.8 Å². The summed E-state index contributed by atoms with van der Waals surface area (Å²) in [7, 11) is 0. The van der Waals surface area contributed by atoms with Crippen molar-refractivity contribution < 1.29 is 9.53 Å². The molecule has 0 aliphatic carbocycles. The van der Waals surface area contributed by atoms with Crippen molar-refractivity contribution in [2.45, 2.75) is 0 Å². The van der Waals surface area contributed by atoms with Gasteiger partial charge in [-0.15, -0.1) is 5.10 Å². The Morgan fingerprint density at radius 2 is 1.88 bits per heavy atom. The molecule has 1 aromatic carbocycles. The summed E-state index contributed by atoms with van der Waals surface area (Å²) in [4.78, 5) is 21.7. The molecule has 16 heavy (non-hydrogen) atoms. The van der Waals surface area contributed by atoms with Gasteiger partial charge in [-0.25, -0.2) is 0 Å². The van der Waals surface area contributed by atoms with Gasteiger partial charge in [0.25, 0.3) is 12.0 Å². The van der Waals surface area contributed by atoms with Crippen molar-refractivity contribution in [1.82, 2.24) is 9.78 Å². The first-order valence-electron chi connectivity index (χ1n) is 4.57. The lowest BCUT2D eigenvalue weighted by atomic mass is 10.3. The summed E-state index contributed by atoms with van der Waals surface area (Å²) in [5, 5.41) is 3.88. The van der Waals surface area contributed by atoms with Crippen molar-refractivity contribution >= 4 is 6.47 Å². The molecule has 0 atom stereocenters. The Morgan fingerprint density at radius 1 is 1.12 bits per heavy atom. The first-order chi connectivity index (χ1) is 7.81. The number of carbonyl (C=O) groups is 1. The number of benzene rings is 1. The second kappa shape index (κ2) is 4.39. The van der Waals surface area contributed by atoms with Crippen LogP contribution in [0.1, 0.15) is 0 Å². The third-order valence-electron chi connectivity index (χ3n) is 1.95. The van der Waals surface area contributed by atoms with Crippen LogP contribution in [0, 0.1) is 0 Å². The van der Waals surface area contributed by atoms with E-state index in [2.05, 4.69) is 9.84 Å². The zero-order valence-electron chi connectivity index (χ0n) is 8.24. The van der Waals surface area contributed by atoms with Gasteiger partial charge in [0, 0.05) is 12.1 Å². The average molecular weight is 216 g/mol. The van der Waals surface area contributed by atoms with Gasteiger partial charge in [0.2, 0.25) is 5.88 Å². The highest BCUT2D eigenvalue weighted by atomic mass is 16.5. The molecule has 2 rings (SSSR count). The van der Waals surface area contributed by atoms with E-state index in [0.717, 1.165) is 0 Å². The maximum Gasteiger partial charge on any atom is 0.299 e. The minimum Gasteiger partial charge on any atom is -0.408 e. The Morgan fingerprint density at radius 3 is 2.56 bits per heavy atom. The molecule has 0 aliphatic heterocycles. The zero-order valence-corrected chi connectivity index (χ0v) is 8.24. The van der Waals surface area contributed by atoms with Gasteiger partial charge in [0.15, 0.2) is 0 Å². The molecule has 0 saturated heterocycles. The second-order valence-corrected chi connectivity index (χ2v) is 2.97. The van der Waals surface area contributed by atoms with Crippen LogP contribution in [-0.4, -0.2) is 16.3 Å². The van der Waals surface area contributed by atoms with Crippen LogP contribution >= 0.6 is 0 Å². The van der Waals surface area contributed by atoms with Gasteiger partial charge < -0.3 is 4.74 Å². The first-order valence-corrected chi connectivity index (χ1v) is 4.57. The fourth-order valence-corrected chi connectivity index (χ4v) is 1.26. The van der Waals surface area contributed by atoms with Crippen LogP contribution in [0.4, 0.5) is 0 Å². The molecule has 0 N–H and O–H groups in total. The minimum absolute atomic E-state index is 0.0819. The quantitative estimate of drug-likeness (QED) is 0.711. The molecule has 0 aliphatic rings. The molecule has 0 bridgehead atoms. The van der Waals surface area contributed by atoms with Crippen molar-refractivity contribution in [3.63, 3.8) is 0 Å². The first kappa shape index (κ1) is 10.1. The molecule has 0 spiro atoms. The predicted molar refractivity (Wildman–Crippen MR) is 56.5 cm³/mol. The Kier molecular flexibility index (Phi) is 2.77. The van der Waals surface area contributed by atoms with E-state index in [1.54, 1.807) is 24.3 Å². The number of para-hydroxylation sites is 1. The Bertz CT molecular complexity index is 549. The number of rotatable bonds is 3. The summed E-state index contributed by atoms with van der Waals surface area (Å²) in [6.45, 7) is 0.266. The second-order valence-electron chi connectivity index (χ2n) is 2.97. The highest BCUT2D eigenvalue weighted by Crippen LogP contribution is 2.05. The maximum absolute atomic E-state index is 11.5. The monoisotopic (exact) mass is 216 g/mol. The van der Waals surface area contributed by atoms with Crippen molar-refractivity contribution in [1.29, 1.82) is 0 Å². The lowest BCUT2D eigenvalue weighted by Gasteiger charge is -2.04. The lowest BCUT2D eigenvalue weighted by Crippen LogP contribution is -2.20. The molecule has 1 heterocycles. The molecule has 0 saturated carbocycles. The van der Waals surface area contributed by atoms with Gasteiger partial charge >= 0.3 is 0 Å². The van der Waals surface area contributed by atoms with Crippen LogP contribution in [0.3, 0.4) is 0 Å². The molecular weight excluding hydrogens is 208 g/mol. The molecule has 5 nitrogen and oxygen atoms in total. The fraction of sp³-hybridized carbons (Fsp3) is 0. The summed E-state index contributed by atoms with van der Waals surface area (Å²) in [6, 6.07) is 11.5. The van der Waals surface area contributed by atoms with Crippen LogP contribution in [0.25, 0.3) is 5.69 Å². The normalized spacial score (nSPS) is 9.75. The number of hydrogen-bond acceptors (Lipinski definition) is 4. The Labute approximate surface area is 90.9 Å². The summed E-state index contributed by atoms with van der Waals surface area (Å²) in [5.41, 5.74) is 0.327. The van der Waals surface area contributed by atoms with Gasteiger partial charge in [-0.1, -0.05) is 18.2 Å². The minimum atomic E-state index is -0.288. The summed E-state index contributed by atoms with van der Waals surface area (Å²) in [6.07, 6.45) is 0. The van der Waals surface area contributed by atoms with Crippen LogP contribution in [0.2, 0.25) is 0 Å². The van der Waals surface area contributed by atoms with Crippen LogP contribution in [0.15, 0.2) is 47.3 Å². The molecular formula is C11H8N2O3. The number of nitrogens with zero attached hydrogens (tertiary/aromatic N) is 2. The van der Waals surface area contributed by atoms with E-state index < -0.39 is 0 Å². The van der Waals surface area contributed by atoms with E-state index in [9.17, 15) is 9.59 Å². The van der Waals surface area contributed by atoms with Gasteiger partial charge in [0.05, 0.1) is 5.69 Å². The van der Waals surface area contributed by atoms with Crippen LogP contribution < -0.4 is 10.3 Å². The van der Waals surface area contributed by atoms with E-state index in [1.807, 2.05) is 6.07 Å². The molecule has 0 unspecified atom stereocenters. The van der Waals surface area contributed by atoms with Gasteiger partial charge in [-0.05, 0) is 12.1 Å². The van der Waals surface area contributed by atoms with E-state index >= 15 is 0 Å². The number of hydrogen-bond donors (Lipinski definition) is 0. The van der Waals surface area contributed by atoms with Crippen molar-refractivity contribution in [2.75, 3.05) is 0 Å². The SMILES string of the molecule is O=COc1ccc(=O)n(-c2ccccc2)n1. The predicted octanol–water partition coefficient (Wildman–Crippen LogP) is 0.768. The van der Waals surface area contributed by atoms with Crippen molar-refractivity contribution in [3.05, 3.63) is 52.8 Å². The standard InChI is InChI=1S/C11H8N2O3/c14-8-16-10-6-7-11(15)13(12-10)9-4-2-1-3-5-9/h1-8H. The largest absolute Gasteiger partial charge is 0.408 e. The third kappa shape index (κ3) is 1.98. The molecule has 0 amide bonds. The molecule has 2 aromatic rings. The number of aromatic nitrogens is 2. The van der Waals surface area contributed by atoms with E-state index in [-0.39, 0.29) is 17.9 Å². The molecule has 0 radical (unpaired) electrons. The summed E-state index contributed by atoms with van der Waals surface area (Å²) >= 11 is 0. The van der Waals surface area contributed by atoms with Gasteiger partial charge in [-0.2, -0.15) is 4.68 Å². The van der Waals surface area contributed by atoms with Gasteiger partial charge in [-0.3, -0.25) is 9.59 Å². The Hall–Kier alpha value is -2.43.